The third-order valence-electron chi connectivity index (χ3n) is 5.46. The van der Waals surface area contributed by atoms with Crippen molar-refractivity contribution in [3.63, 3.8) is 0 Å². The molecule has 1 aliphatic heterocycles. The molecule has 0 spiro atoms. The fourth-order valence-corrected chi connectivity index (χ4v) is 3.93. The lowest BCUT2D eigenvalue weighted by Crippen LogP contribution is -2.46. The van der Waals surface area contributed by atoms with Crippen LogP contribution in [0.4, 0.5) is 0 Å². The van der Waals surface area contributed by atoms with Gasteiger partial charge in [0.15, 0.2) is 0 Å². The van der Waals surface area contributed by atoms with E-state index in [-0.39, 0.29) is 36.1 Å². The molecule has 2 amide bonds. The zero-order valence-corrected chi connectivity index (χ0v) is 15.9. The van der Waals surface area contributed by atoms with Crippen LogP contribution in [0.15, 0.2) is 0 Å². The summed E-state index contributed by atoms with van der Waals surface area (Å²) in [5, 5.41) is 2.80. The Morgan fingerprint density at radius 1 is 1.24 bits per heavy atom. The van der Waals surface area contributed by atoms with Gasteiger partial charge < -0.3 is 15.0 Å². The van der Waals surface area contributed by atoms with Gasteiger partial charge in [0.1, 0.15) is 6.04 Å². The van der Waals surface area contributed by atoms with Crippen LogP contribution in [0.1, 0.15) is 59.3 Å². The summed E-state index contributed by atoms with van der Waals surface area (Å²) in [5.74, 6) is 0.0464. The average molecular weight is 352 g/mol. The van der Waals surface area contributed by atoms with Gasteiger partial charge in [0.2, 0.25) is 11.8 Å². The van der Waals surface area contributed by atoms with Crippen LogP contribution < -0.4 is 5.32 Å². The average Bonchev–Trinajstić information content (AvgIpc) is 2.95. The quantitative estimate of drug-likeness (QED) is 0.743. The Morgan fingerprint density at radius 3 is 2.44 bits per heavy atom. The number of carbonyl (C=O) groups excluding carboxylic acids is 3. The zero-order chi connectivity index (χ0) is 18.6. The van der Waals surface area contributed by atoms with Crippen molar-refractivity contribution < 1.29 is 19.1 Å². The van der Waals surface area contributed by atoms with Crippen molar-refractivity contribution in [1.82, 2.24) is 10.2 Å². The molecule has 0 bridgehead atoms. The summed E-state index contributed by atoms with van der Waals surface area (Å²) >= 11 is 0. The largest absolute Gasteiger partial charge is 0.467 e. The summed E-state index contributed by atoms with van der Waals surface area (Å²) in [7, 11) is 1.33. The number of carbonyl (C=O) groups is 3. The Kier molecular flexibility index (Phi) is 6.85. The second kappa shape index (κ2) is 8.68. The van der Waals surface area contributed by atoms with E-state index < -0.39 is 12.0 Å². The van der Waals surface area contributed by atoms with Crippen molar-refractivity contribution in [3.8, 4) is 0 Å². The van der Waals surface area contributed by atoms with Crippen molar-refractivity contribution in [2.75, 3.05) is 13.7 Å². The molecule has 2 aliphatic rings. The molecule has 2 fully saturated rings. The number of hydrogen-bond acceptors (Lipinski definition) is 4. The highest BCUT2D eigenvalue weighted by molar-refractivity contribution is 5.91. The minimum absolute atomic E-state index is 0.0678. The molecule has 1 heterocycles. The van der Waals surface area contributed by atoms with Crippen LogP contribution in [0.2, 0.25) is 0 Å². The first-order valence-electron chi connectivity index (χ1n) is 9.49. The van der Waals surface area contributed by atoms with Crippen LogP contribution in [0.5, 0.6) is 0 Å². The lowest BCUT2D eigenvalue weighted by Gasteiger charge is -2.33. The third-order valence-corrected chi connectivity index (χ3v) is 5.46. The summed E-state index contributed by atoms with van der Waals surface area (Å²) in [6.07, 6.45) is 5.11. The Hall–Kier alpha value is -1.59. The molecule has 1 saturated carbocycles. The van der Waals surface area contributed by atoms with Gasteiger partial charge in [0.25, 0.3) is 0 Å². The van der Waals surface area contributed by atoms with Gasteiger partial charge in [-0.25, -0.2) is 4.79 Å². The second-order valence-electron chi connectivity index (χ2n) is 8.07. The molecule has 0 aromatic rings. The van der Waals surface area contributed by atoms with Gasteiger partial charge in [-0.3, -0.25) is 9.59 Å². The maximum absolute atomic E-state index is 12.6. The number of nitrogens with zero attached hydrogens (tertiary/aromatic N) is 1. The molecular formula is C19H32N2O4. The minimum Gasteiger partial charge on any atom is -0.467 e. The Bertz CT molecular complexity index is 498. The van der Waals surface area contributed by atoms with E-state index in [1.807, 2.05) is 18.7 Å². The number of likely N-dealkylation sites (tertiary alicyclic amines) is 1. The molecule has 1 saturated heterocycles. The van der Waals surface area contributed by atoms with E-state index in [1.165, 1.54) is 7.11 Å². The van der Waals surface area contributed by atoms with Crippen molar-refractivity contribution in [2.45, 2.75) is 71.4 Å². The molecule has 2 atom stereocenters. The van der Waals surface area contributed by atoms with Gasteiger partial charge in [0.05, 0.1) is 13.0 Å². The topological polar surface area (TPSA) is 75.7 Å². The van der Waals surface area contributed by atoms with Gasteiger partial charge in [-0.2, -0.15) is 0 Å². The summed E-state index contributed by atoms with van der Waals surface area (Å²) in [4.78, 5) is 38.7. The SMILES string of the molecule is COC(=O)[C@@H](CC(C)C)NC(=O)[C@H]1CC(=O)N(C2CCC(C)CC2)C1. The number of methoxy groups -OCH3 is 1. The minimum atomic E-state index is -0.641. The Balaban J connectivity index is 1.93. The lowest BCUT2D eigenvalue weighted by molar-refractivity contribution is -0.146. The van der Waals surface area contributed by atoms with Crippen molar-refractivity contribution in [1.29, 1.82) is 0 Å². The van der Waals surface area contributed by atoms with Gasteiger partial charge in [-0.05, 0) is 43.9 Å². The number of rotatable bonds is 6. The van der Waals surface area contributed by atoms with Crippen molar-refractivity contribution in [2.24, 2.45) is 17.8 Å². The van der Waals surface area contributed by atoms with E-state index in [0.717, 1.165) is 31.6 Å². The number of esters is 1. The van der Waals surface area contributed by atoms with Gasteiger partial charge >= 0.3 is 5.97 Å². The molecule has 142 valence electrons. The van der Waals surface area contributed by atoms with Crippen molar-refractivity contribution in [3.05, 3.63) is 0 Å². The van der Waals surface area contributed by atoms with E-state index in [1.54, 1.807) is 0 Å². The van der Waals surface area contributed by atoms with Crippen LogP contribution in [0.25, 0.3) is 0 Å². The van der Waals surface area contributed by atoms with Crippen molar-refractivity contribution >= 4 is 17.8 Å². The van der Waals surface area contributed by atoms with Crippen LogP contribution in [0, 0.1) is 17.8 Å². The predicted octanol–water partition coefficient (Wildman–Crippen LogP) is 2.12. The van der Waals surface area contributed by atoms with E-state index >= 15 is 0 Å². The Morgan fingerprint density at radius 2 is 1.88 bits per heavy atom. The number of ether oxygens (including phenoxy) is 1. The first-order valence-corrected chi connectivity index (χ1v) is 9.49. The molecular weight excluding hydrogens is 320 g/mol. The molecule has 0 aromatic carbocycles. The normalized spacial score (nSPS) is 28.1. The summed E-state index contributed by atoms with van der Waals surface area (Å²) in [5.41, 5.74) is 0. The predicted molar refractivity (Wildman–Crippen MR) is 94.6 cm³/mol. The lowest BCUT2D eigenvalue weighted by atomic mass is 9.86. The molecule has 2 rings (SSSR count). The van der Waals surface area contributed by atoms with Gasteiger partial charge in [-0.1, -0.05) is 20.8 Å². The second-order valence-corrected chi connectivity index (χ2v) is 8.07. The molecule has 1 N–H and O–H groups in total. The first kappa shape index (κ1) is 19.7. The standard InChI is InChI=1S/C19H32N2O4/c1-12(2)9-16(19(24)25-4)20-18(23)14-10-17(22)21(11-14)15-7-5-13(3)6-8-15/h12-16H,5-11H2,1-4H3,(H,20,23)/t13?,14-,15?,16+/m0/s1. The van der Waals surface area contributed by atoms with E-state index in [2.05, 4.69) is 12.2 Å². The van der Waals surface area contributed by atoms with Gasteiger partial charge in [-0.15, -0.1) is 0 Å². The maximum Gasteiger partial charge on any atom is 0.328 e. The summed E-state index contributed by atoms with van der Waals surface area (Å²) < 4.78 is 4.79. The summed E-state index contributed by atoms with van der Waals surface area (Å²) in [6.45, 7) is 6.71. The van der Waals surface area contributed by atoms with Gasteiger partial charge in [0, 0.05) is 19.0 Å². The fourth-order valence-electron chi connectivity index (χ4n) is 3.93. The molecule has 1 aliphatic carbocycles. The molecule has 6 heteroatoms. The van der Waals surface area contributed by atoms with E-state index in [4.69, 9.17) is 4.74 Å². The number of amides is 2. The van der Waals surface area contributed by atoms with Crippen LogP contribution in [-0.4, -0.2) is 48.4 Å². The fraction of sp³-hybridized carbons (Fsp3) is 0.842. The molecule has 0 radical (unpaired) electrons. The van der Waals surface area contributed by atoms with Crippen LogP contribution >= 0.6 is 0 Å². The number of hydrogen-bond donors (Lipinski definition) is 1. The first-order chi connectivity index (χ1) is 11.8. The smallest absolute Gasteiger partial charge is 0.328 e. The third kappa shape index (κ3) is 5.19. The number of nitrogens with one attached hydrogen (secondary N) is 1. The highest BCUT2D eigenvalue weighted by atomic mass is 16.5. The monoisotopic (exact) mass is 352 g/mol. The Labute approximate surface area is 150 Å². The summed E-state index contributed by atoms with van der Waals surface area (Å²) in [6, 6.07) is -0.370. The molecule has 0 aromatic heterocycles. The van der Waals surface area contributed by atoms with Crippen LogP contribution in [-0.2, 0) is 19.1 Å². The van der Waals surface area contributed by atoms with E-state index in [9.17, 15) is 14.4 Å². The molecule has 6 nitrogen and oxygen atoms in total. The molecule has 0 unspecified atom stereocenters. The highest BCUT2D eigenvalue weighted by Gasteiger charge is 2.39. The van der Waals surface area contributed by atoms with Crippen LogP contribution in [0.3, 0.4) is 0 Å². The maximum atomic E-state index is 12.6. The zero-order valence-electron chi connectivity index (χ0n) is 15.9. The van der Waals surface area contributed by atoms with E-state index in [0.29, 0.717) is 13.0 Å². The highest BCUT2D eigenvalue weighted by Crippen LogP contribution is 2.31. The molecule has 25 heavy (non-hydrogen) atoms.